The number of ether oxygens (including phenoxy) is 1. The van der Waals surface area contributed by atoms with Gasteiger partial charge in [-0.15, -0.1) is 11.3 Å². The molecule has 0 amide bonds. The van der Waals surface area contributed by atoms with E-state index in [-0.39, 0.29) is 13.6 Å². The second-order valence-corrected chi connectivity index (χ2v) is 7.97. The van der Waals surface area contributed by atoms with Crippen LogP contribution in [0.25, 0.3) is 0 Å². The highest BCUT2D eigenvalue weighted by atomic mass is 79.9. The summed E-state index contributed by atoms with van der Waals surface area (Å²) >= 11 is 3.83. The number of halogens is 1. The molecule has 1 heterocycles. The maximum absolute atomic E-state index is 12.1. The quantitative estimate of drug-likeness (QED) is 0.588. The van der Waals surface area contributed by atoms with Gasteiger partial charge in [-0.05, 0) is 28.9 Å². The van der Waals surface area contributed by atoms with Crippen LogP contribution in [0.15, 0.2) is 14.7 Å². The third-order valence-corrected chi connectivity index (χ3v) is 6.04. The van der Waals surface area contributed by atoms with Crippen LogP contribution in [-0.4, -0.2) is 49.8 Å². The average Bonchev–Trinajstić information content (AvgIpc) is 2.77. The van der Waals surface area contributed by atoms with E-state index in [2.05, 4.69) is 20.7 Å². The molecule has 2 atom stereocenters. The number of aliphatic hydroxyl groups is 1. The van der Waals surface area contributed by atoms with Gasteiger partial charge in [-0.3, -0.25) is 4.79 Å². The summed E-state index contributed by atoms with van der Waals surface area (Å²) in [6, 6.07) is -0.646. The summed E-state index contributed by atoms with van der Waals surface area (Å²) in [5.74, 6) is -2.24. The predicted octanol–water partition coefficient (Wildman–Crippen LogP) is 0.410. The van der Waals surface area contributed by atoms with E-state index in [1.807, 2.05) is 4.72 Å². The van der Waals surface area contributed by atoms with Crippen LogP contribution in [0, 0.1) is 0 Å². The van der Waals surface area contributed by atoms with Gasteiger partial charge in [0.15, 0.2) is 0 Å². The van der Waals surface area contributed by atoms with Crippen molar-refractivity contribution in [2.75, 3.05) is 7.11 Å². The van der Waals surface area contributed by atoms with E-state index in [1.165, 1.54) is 0 Å². The summed E-state index contributed by atoms with van der Waals surface area (Å²) in [5, 5.41) is 18.2. The number of aliphatic hydroxyl groups excluding tert-OH is 1. The van der Waals surface area contributed by atoms with Crippen LogP contribution < -0.4 is 4.72 Å². The summed E-state index contributed by atoms with van der Waals surface area (Å²) in [7, 11) is -3.09. The van der Waals surface area contributed by atoms with E-state index in [4.69, 9.17) is 5.11 Å². The number of carbonyl (C=O) groups excluding carboxylic acids is 1. The van der Waals surface area contributed by atoms with Gasteiger partial charge in [-0.25, -0.2) is 13.2 Å². The highest BCUT2D eigenvalue weighted by Crippen LogP contribution is 2.32. The van der Waals surface area contributed by atoms with Crippen molar-refractivity contribution in [1.82, 2.24) is 4.72 Å². The average molecular weight is 402 g/mol. The minimum absolute atomic E-state index is 0.0358. The summed E-state index contributed by atoms with van der Waals surface area (Å²) in [6.07, 6.45) is -1.44. The molecule has 1 rings (SSSR count). The topological polar surface area (TPSA) is 130 Å². The first-order valence-corrected chi connectivity index (χ1v) is 8.50. The second kappa shape index (κ2) is 6.83. The molecular formula is C10H12BrNO7S2. The van der Waals surface area contributed by atoms with Crippen molar-refractivity contribution in [3.63, 3.8) is 0 Å². The molecule has 3 N–H and O–H groups in total. The monoisotopic (exact) mass is 401 g/mol. The normalized spacial score (nSPS) is 14.5. The molecule has 0 aliphatic rings. The van der Waals surface area contributed by atoms with Gasteiger partial charge in [0, 0.05) is 0 Å². The first kappa shape index (κ1) is 18.0. The number of carboxylic acids is 1. The molecule has 118 valence electrons. The molecule has 8 nitrogen and oxygen atoms in total. The van der Waals surface area contributed by atoms with E-state index in [0.29, 0.717) is 0 Å². The lowest BCUT2D eigenvalue weighted by Crippen LogP contribution is -2.47. The number of rotatable bonds is 6. The number of methoxy groups -OCH3 is 1. The van der Waals surface area contributed by atoms with E-state index >= 15 is 0 Å². The maximum Gasteiger partial charge on any atom is 0.348 e. The molecule has 0 saturated carbocycles. The highest BCUT2D eigenvalue weighted by Gasteiger charge is 2.31. The van der Waals surface area contributed by atoms with Crippen LogP contribution in [0.4, 0.5) is 0 Å². The molecule has 1 aromatic rings. The lowest BCUT2D eigenvalue weighted by molar-refractivity contribution is -0.141. The molecule has 11 heteroatoms. The van der Waals surface area contributed by atoms with Gasteiger partial charge in [0.2, 0.25) is 10.0 Å². The largest absolute Gasteiger partial charge is 0.480 e. The summed E-state index contributed by atoms with van der Waals surface area (Å²) < 4.78 is 30.7. The predicted molar refractivity (Wildman–Crippen MR) is 76.8 cm³/mol. The van der Waals surface area contributed by atoms with Gasteiger partial charge < -0.3 is 14.9 Å². The molecule has 0 radical (unpaired) electrons. The smallest absolute Gasteiger partial charge is 0.348 e. The number of carbonyl (C=O) groups is 2. The fourth-order valence-corrected chi connectivity index (χ4v) is 5.07. The van der Waals surface area contributed by atoms with Crippen molar-refractivity contribution in [2.24, 2.45) is 0 Å². The fraction of sp³-hybridized carbons (Fsp3) is 0.400. The summed E-state index contributed by atoms with van der Waals surface area (Å²) in [5.41, 5.74) is 0. The Labute approximate surface area is 132 Å². The Bertz CT molecular complexity index is 652. The lowest BCUT2D eigenvalue weighted by atomic mass is 10.2. The zero-order chi connectivity index (χ0) is 16.4. The standard InChI is InChI=1S/C10H12BrNO7S2/c1-4(13)7(9(14)15)12-21(17,18)6-3-5(10(16)19-2)20-8(6)11/h3-4,7,12-13H,1-2H3,(H,14,15)/t4-,7+/m1/s1. The number of thiophene rings is 1. The minimum Gasteiger partial charge on any atom is -0.480 e. The number of nitrogens with one attached hydrogen (secondary N) is 1. The van der Waals surface area contributed by atoms with Crippen LogP contribution >= 0.6 is 27.3 Å². The first-order chi connectivity index (χ1) is 9.60. The van der Waals surface area contributed by atoms with Crippen molar-refractivity contribution in [3.8, 4) is 0 Å². The molecule has 0 unspecified atom stereocenters. The molecule has 0 aliphatic carbocycles. The van der Waals surface area contributed by atoms with Crippen molar-refractivity contribution < 1.29 is 33.0 Å². The molecule has 21 heavy (non-hydrogen) atoms. The van der Waals surface area contributed by atoms with Gasteiger partial charge in [-0.1, -0.05) is 0 Å². The molecule has 1 aromatic heterocycles. The molecule has 0 fully saturated rings. The lowest BCUT2D eigenvalue weighted by Gasteiger charge is -2.16. The van der Waals surface area contributed by atoms with Gasteiger partial charge in [0.1, 0.15) is 15.8 Å². The summed E-state index contributed by atoms with van der Waals surface area (Å²) in [6.45, 7) is 1.14. The molecule has 0 bridgehead atoms. The van der Waals surface area contributed by atoms with Crippen molar-refractivity contribution in [2.45, 2.75) is 24.0 Å². The number of esters is 1. The Morgan fingerprint density at radius 1 is 1.48 bits per heavy atom. The number of hydrogen-bond donors (Lipinski definition) is 3. The Kier molecular flexibility index (Phi) is 5.87. The van der Waals surface area contributed by atoms with Gasteiger partial charge in [-0.2, -0.15) is 4.72 Å². The van der Waals surface area contributed by atoms with E-state index in [9.17, 15) is 23.1 Å². The van der Waals surface area contributed by atoms with E-state index in [0.717, 1.165) is 31.4 Å². The third kappa shape index (κ3) is 4.23. The van der Waals surface area contributed by atoms with Crippen LogP contribution in [0.2, 0.25) is 0 Å². The Morgan fingerprint density at radius 3 is 2.48 bits per heavy atom. The zero-order valence-corrected chi connectivity index (χ0v) is 14.1. The molecular weight excluding hydrogens is 390 g/mol. The minimum atomic E-state index is -4.24. The van der Waals surface area contributed by atoms with Gasteiger partial charge >= 0.3 is 11.9 Å². The van der Waals surface area contributed by atoms with E-state index < -0.39 is 34.1 Å². The van der Waals surface area contributed by atoms with Crippen LogP contribution in [-0.2, 0) is 19.6 Å². The number of aliphatic carboxylic acids is 1. The number of carboxylic acid groups (broad SMARTS) is 1. The van der Waals surface area contributed by atoms with Crippen LogP contribution in [0.5, 0.6) is 0 Å². The SMILES string of the molecule is COC(=O)c1cc(S(=O)(=O)N[C@H](C(=O)O)[C@@H](C)O)c(Br)s1. The van der Waals surface area contributed by atoms with Gasteiger partial charge in [0.25, 0.3) is 0 Å². The van der Waals surface area contributed by atoms with Crippen LogP contribution in [0.3, 0.4) is 0 Å². The Hall–Kier alpha value is -1.01. The second-order valence-electron chi connectivity index (χ2n) is 3.92. The molecule has 0 saturated heterocycles. The van der Waals surface area contributed by atoms with Crippen molar-refractivity contribution in [3.05, 3.63) is 14.7 Å². The Morgan fingerprint density at radius 2 is 2.05 bits per heavy atom. The first-order valence-electron chi connectivity index (χ1n) is 5.41. The Balaban J connectivity index is 3.16. The van der Waals surface area contributed by atoms with Crippen LogP contribution in [0.1, 0.15) is 16.6 Å². The van der Waals surface area contributed by atoms with Gasteiger partial charge in [0.05, 0.1) is 17.0 Å². The maximum atomic E-state index is 12.1. The molecule has 0 spiro atoms. The number of hydrogen-bond acceptors (Lipinski definition) is 7. The van der Waals surface area contributed by atoms with Crippen molar-refractivity contribution in [1.29, 1.82) is 0 Å². The molecule has 0 aromatic carbocycles. The van der Waals surface area contributed by atoms with E-state index in [1.54, 1.807) is 0 Å². The fourth-order valence-electron chi connectivity index (χ4n) is 1.32. The summed E-state index contributed by atoms with van der Waals surface area (Å²) in [4.78, 5) is 22.0. The number of sulfonamides is 1. The third-order valence-electron chi connectivity index (χ3n) is 2.36. The molecule has 0 aliphatic heterocycles. The highest BCUT2D eigenvalue weighted by molar-refractivity contribution is 9.11. The van der Waals surface area contributed by atoms with Crippen molar-refractivity contribution >= 4 is 49.2 Å². The zero-order valence-electron chi connectivity index (χ0n) is 10.9.